The lowest BCUT2D eigenvalue weighted by atomic mass is 10.0. The van der Waals surface area contributed by atoms with E-state index < -0.39 is 145 Å². The fourth-order valence-corrected chi connectivity index (χ4v) is 8.60. The van der Waals surface area contributed by atoms with Crippen LogP contribution in [0.2, 0.25) is 0 Å². The molecular formula is C48H78N16O15. The normalized spacial score (nSPS) is 18.7. The summed E-state index contributed by atoms with van der Waals surface area (Å²) in [7, 11) is 0. The molecule has 2 saturated heterocycles. The Morgan fingerprint density at radius 2 is 1.08 bits per heavy atom. The van der Waals surface area contributed by atoms with Gasteiger partial charge >= 0.3 is 5.97 Å². The number of amides is 9. The number of likely N-dealkylation sites (tertiary alicyclic amines) is 2. The van der Waals surface area contributed by atoms with Gasteiger partial charge in [-0.1, -0.05) is 30.3 Å². The van der Waals surface area contributed by atoms with Crippen molar-refractivity contribution >= 4 is 71.1 Å². The number of hydrogen-bond acceptors (Lipinski definition) is 17. The zero-order chi connectivity index (χ0) is 59.1. The van der Waals surface area contributed by atoms with Gasteiger partial charge in [0.15, 0.2) is 11.9 Å². The molecule has 0 unspecified atom stereocenters. The van der Waals surface area contributed by atoms with Crippen molar-refractivity contribution in [3.63, 3.8) is 0 Å². The number of carboxylic acid groups (broad SMARTS) is 1. The number of nitrogens with zero attached hydrogens (tertiary/aromatic N) is 4. The number of aliphatic imine (C=N–C) groups is 2. The highest BCUT2D eigenvalue weighted by Crippen LogP contribution is 2.26. The first-order chi connectivity index (χ1) is 37.3. The van der Waals surface area contributed by atoms with Crippen LogP contribution in [0.5, 0.6) is 0 Å². The maximum atomic E-state index is 14.5. The molecule has 0 aromatic heterocycles. The summed E-state index contributed by atoms with van der Waals surface area (Å²) in [5, 5.41) is 66.9. The second-order valence-electron chi connectivity index (χ2n) is 19.2. The number of guanidine groups is 2. The van der Waals surface area contributed by atoms with Crippen molar-refractivity contribution in [1.29, 1.82) is 0 Å². The predicted octanol–water partition coefficient (Wildman–Crippen LogP) is -8.11. The fourth-order valence-electron chi connectivity index (χ4n) is 8.60. The first kappa shape index (κ1) is 65.5. The zero-order valence-corrected chi connectivity index (χ0v) is 44.4. The summed E-state index contributed by atoms with van der Waals surface area (Å²) in [6.07, 6.45) is -2.38. The molecule has 79 heavy (non-hydrogen) atoms. The quantitative estimate of drug-likeness (QED) is 0.0186. The number of aliphatic hydroxyl groups is 4. The Morgan fingerprint density at radius 3 is 1.58 bits per heavy atom. The Bertz CT molecular complexity index is 2340. The SMILES string of the molecule is C[C@H](NC(=O)[C@@H](NC(=O)[C@H](CO)NC(=O)[C@@H]1CCCN1C(=O)[C@@H]1CCCN1C(=O)[C@@H](NC(=O)[C@H](Cc1ccccc1)NC(=O)[C@H](CCCN=C(N)N)NC(=O)[C@H](CCCN=C(N)N)NC(=O)[C@@H](N)CO)[C@@H](C)O)[C@@H](C)O)C(=O)O. The smallest absolute Gasteiger partial charge is 0.325 e. The van der Waals surface area contributed by atoms with Gasteiger partial charge in [-0.15, -0.1) is 0 Å². The van der Waals surface area contributed by atoms with Gasteiger partial charge in [0.2, 0.25) is 53.2 Å². The molecule has 2 fully saturated rings. The maximum absolute atomic E-state index is 14.5. The lowest BCUT2D eigenvalue weighted by Gasteiger charge is -2.34. The highest BCUT2D eigenvalue weighted by atomic mass is 16.4. The summed E-state index contributed by atoms with van der Waals surface area (Å²) < 4.78 is 0. The van der Waals surface area contributed by atoms with Crippen LogP contribution in [0.3, 0.4) is 0 Å². The van der Waals surface area contributed by atoms with E-state index >= 15 is 0 Å². The fraction of sp³-hybridized carbons (Fsp3) is 0.625. The molecule has 0 aliphatic carbocycles. The van der Waals surface area contributed by atoms with Crippen LogP contribution < -0.4 is 65.9 Å². The van der Waals surface area contributed by atoms with E-state index in [1.807, 2.05) is 0 Å². The topological polar surface area (TPSA) is 517 Å². The van der Waals surface area contributed by atoms with Gasteiger partial charge in [0.25, 0.3) is 0 Å². The van der Waals surface area contributed by atoms with Crippen LogP contribution >= 0.6 is 0 Å². The number of benzene rings is 1. The largest absolute Gasteiger partial charge is 0.480 e. The highest BCUT2D eigenvalue weighted by molar-refractivity contribution is 5.99. The minimum absolute atomic E-state index is 0.0118. The van der Waals surface area contributed by atoms with Crippen LogP contribution in [0.15, 0.2) is 40.3 Å². The number of carboxylic acids is 1. The number of carbonyl (C=O) groups excluding carboxylic acids is 9. The third-order valence-corrected chi connectivity index (χ3v) is 12.9. The Hall–Kier alpha value is -7.74. The molecule has 440 valence electrons. The second-order valence-corrected chi connectivity index (χ2v) is 19.2. The standard InChI is InChI=1S/C48H78N16O15/c1-24(46(78)79)56-43(75)35(25(2)67)61-41(73)32(23-66)60-42(74)33-15-9-19-63(33)44(76)34-16-10-20-64(34)45(77)36(26(3)68)62-40(72)31(21-27-11-5-4-6-12-27)59-39(71)30(14-8-18-55-48(52)53)58-38(70)29(13-7-17-54-47(50)51)57-37(69)28(49)22-65/h4-6,11-12,24-26,28-36,65-68H,7-10,13-23,49H2,1-3H3,(H,56,75)(H,57,69)(H,58,70)(H,59,71)(H,60,74)(H,61,73)(H,62,72)(H,78,79)(H4,50,51,54)(H4,52,53,55)/t24-,25+,26+,28-,29-,30-,31-,32-,33-,34-,35-,36-/m0/s1. The van der Waals surface area contributed by atoms with Crippen LogP contribution in [0.4, 0.5) is 0 Å². The molecule has 31 nitrogen and oxygen atoms in total. The molecule has 9 amide bonds. The van der Waals surface area contributed by atoms with Gasteiger partial charge in [0, 0.05) is 32.6 Å². The molecule has 1 aromatic carbocycles. The Kier molecular flexibility index (Phi) is 26.7. The molecule has 2 aliphatic heterocycles. The molecule has 0 bridgehead atoms. The van der Waals surface area contributed by atoms with Gasteiger partial charge in [0.05, 0.1) is 25.4 Å². The Balaban J connectivity index is 1.87. The van der Waals surface area contributed by atoms with E-state index in [0.717, 1.165) is 18.7 Å². The van der Waals surface area contributed by atoms with E-state index in [4.69, 9.17) is 33.8 Å². The minimum atomic E-state index is -1.71. The van der Waals surface area contributed by atoms with Crippen molar-refractivity contribution in [2.45, 2.75) is 151 Å². The molecule has 12 atom stereocenters. The molecule has 0 spiro atoms. The van der Waals surface area contributed by atoms with Crippen LogP contribution in [-0.2, 0) is 54.4 Å². The summed E-state index contributed by atoms with van der Waals surface area (Å²) in [6, 6.07) is -6.12. The lowest BCUT2D eigenvalue weighted by Crippen LogP contribution is -2.62. The monoisotopic (exact) mass is 1120 g/mol. The summed E-state index contributed by atoms with van der Waals surface area (Å²) in [5.41, 5.74) is 28.1. The first-order valence-corrected chi connectivity index (χ1v) is 25.8. The molecule has 2 aliphatic rings. The van der Waals surface area contributed by atoms with E-state index in [0.29, 0.717) is 18.4 Å². The maximum Gasteiger partial charge on any atom is 0.325 e. The van der Waals surface area contributed by atoms with Gasteiger partial charge in [-0.25, -0.2) is 0 Å². The van der Waals surface area contributed by atoms with Crippen molar-refractivity contribution in [2.75, 3.05) is 39.4 Å². The average Bonchev–Trinajstić information content (AvgIpc) is 4.19. The third kappa shape index (κ3) is 20.5. The number of carbonyl (C=O) groups is 10. The minimum Gasteiger partial charge on any atom is -0.480 e. The van der Waals surface area contributed by atoms with E-state index in [1.54, 1.807) is 30.3 Å². The van der Waals surface area contributed by atoms with Crippen LogP contribution in [0.1, 0.15) is 77.7 Å². The van der Waals surface area contributed by atoms with Crippen molar-refractivity contribution in [3.05, 3.63) is 35.9 Å². The predicted molar refractivity (Wildman–Crippen MR) is 282 cm³/mol. The summed E-state index contributed by atoms with van der Waals surface area (Å²) in [6.45, 7) is 1.89. The van der Waals surface area contributed by atoms with E-state index in [-0.39, 0.29) is 83.0 Å². The average molecular weight is 1120 g/mol. The molecule has 1 aromatic rings. The van der Waals surface area contributed by atoms with Crippen molar-refractivity contribution in [3.8, 4) is 0 Å². The summed E-state index contributed by atoms with van der Waals surface area (Å²) in [4.78, 5) is 145. The molecule has 0 radical (unpaired) electrons. The third-order valence-electron chi connectivity index (χ3n) is 12.9. The number of nitrogens with two attached hydrogens (primary N) is 5. The Morgan fingerprint density at radius 1 is 0.595 bits per heavy atom. The second kappa shape index (κ2) is 32.2. The van der Waals surface area contributed by atoms with Gasteiger partial charge < -0.3 is 101 Å². The van der Waals surface area contributed by atoms with Crippen LogP contribution in [0.25, 0.3) is 0 Å². The van der Waals surface area contributed by atoms with Gasteiger partial charge in [0.1, 0.15) is 60.4 Å². The number of aliphatic hydroxyl groups excluding tert-OH is 4. The molecule has 22 N–H and O–H groups in total. The summed E-state index contributed by atoms with van der Waals surface area (Å²) in [5.74, 6) is -10.0. The van der Waals surface area contributed by atoms with Crippen molar-refractivity contribution in [1.82, 2.24) is 47.0 Å². The van der Waals surface area contributed by atoms with Crippen molar-refractivity contribution in [2.24, 2.45) is 38.7 Å². The van der Waals surface area contributed by atoms with E-state index in [2.05, 4.69) is 47.2 Å². The lowest BCUT2D eigenvalue weighted by molar-refractivity contribution is -0.149. The molecule has 0 saturated carbocycles. The highest BCUT2D eigenvalue weighted by Gasteiger charge is 2.45. The van der Waals surface area contributed by atoms with E-state index in [9.17, 15) is 68.4 Å². The summed E-state index contributed by atoms with van der Waals surface area (Å²) >= 11 is 0. The number of nitrogens with one attached hydrogen (secondary N) is 7. The number of rotatable bonds is 31. The van der Waals surface area contributed by atoms with Crippen molar-refractivity contribution < 1.29 is 73.5 Å². The van der Waals surface area contributed by atoms with Crippen LogP contribution in [0, 0.1) is 0 Å². The molecule has 31 heteroatoms. The van der Waals surface area contributed by atoms with Gasteiger partial charge in [-0.3, -0.25) is 57.9 Å². The molecule has 3 rings (SSSR count). The Labute approximate surface area is 455 Å². The molecular weight excluding hydrogens is 1040 g/mol. The zero-order valence-electron chi connectivity index (χ0n) is 44.4. The number of aliphatic carboxylic acids is 1. The van der Waals surface area contributed by atoms with Crippen LogP contribution in [-0.4, -0.2) is 218 Å². The van der Waals surface area contributed by atoms with Gasteiger partial charge in [-0.2, -0.15) is 0 Å². The van der Waals surface area contributed by atoms with Gasteiger partial charge in [-0.05, 0) is 77.7 Å². The number of hydrogen-bond donors (Lipinski definition) is 17. The van der Waals surface area contributed by atoms with E-state index in [1.165, 1.54) is 11.8 Å². The molecule has 2 heterocycles. The first-order valence-electron chi connectivity index (χ1n) is 25.8.